The summed E-state index contributed by atoms with van der Waals surface area (Å²) in [5.41, 5.74) is 7.59. The third-order valence-electron chi connectivity index (χ3n) is 4.11. The van der Waals surface area contributed by atoms with Crippen LogP contribution in [-0.2, 0) is 11.3 Å². The highest BCUT2D eigenvalue weighted by Gasteiger charge is 2.26. The quantitative estimate of drug-likeness (QED) is 0.905. The molecule has 1 unspecified atom stereocenters. The van der Waals surface area contributed by atoms with Crippen molar-refractivity contribution in [2.45, 2.75) is 12.6 Å². The molecule has 1 aliphatic rings. The molecule has 0 bridgehead atoms. The third-order valence-corrected chi connectivity index (χ3v) is 4.11. The lowest BCUT2D eigenvalue weighted by Crippen LogP contribution is -2.42. The first-order chi connectivity index (χ1) is 11.6. The number of benzene rings is 2. The zero-order valence-corrected chi connectivity index (χ0v) is 14.3. The van der Waals surface area contributed by atoms with E-state index in [0.717, 1.165) is 17.7 Å². The second-order valence-electron chi connectivity index (χ2n) is 5.69. The molecule has 1 saturated heterocycles. The summed E-state index contributed by atoms with van der Waals surface area (Å²) in [5, 5.41) is 0. The predicted octanol–water partition coefficient (Wildman–Crippen LogP) is 3.06. The van der Waals surface area contributed by atoms with Gasteiger partial charge in [-0.2, -0.15) is 0 Å². The fourth-order valence-electron chi connectivity index (χ4n) is 2.71. The SMILES string of the molecule is Cl.NCc1ccc(C(=O)N2CCOC(c3ccc(F)c(F)c3)C2)cc1. The van der Waals surface area contributed by atoms with Gasteiger partial charge in [0, 0.05) is 18.7 Å². The van der Waals surface area contributed by atoms with Gasteiger partial charge in [-0.1, -0.05) is 18.2 Å². The fourth-order valence-corrected chi connectivity index (χ4v) is 2.71. The van der Waals surface area contributed by atoms with E-state index in [1.807, 2.05) is 12.1 Å². The van der Waals surface area contributed by atoms with Crippen molar-refractivity contribution in [1.82, 2.24) is 4.90 Å². The average Bonchev–Trinajstić information content (AvgIpc) is 2.63. The maximum absolute atomic E-state index is 13.4. The number of nitrogens with two attached hydrogens (primary N) is 1. The summed E-state index contributed by atoms with van der Waals surface area (Å²) in [7, 11) is 0. The molecule has 0 saturated carbocycles. The summed E-state index contributed by atoms with van der Waals surface area (Å²) in [6.45, 7) is 1.51. The molecule has 0 aliphatic carbocycles. The predicted molar refractivity (Wildman–Crippen MR) is 92.5 cm³/mol. The van der Waals surface area contributed by atoms with Gasteiger partial charge in [-0.25, -0.2) is 8.78 Å². The smallest absolute Gasteiger partial charge is 0.254 e. The molecular formula is C18H19ClF2N2O2. The highest BCUT2D eigenvalue weighted by atomic mass is 35.5. The highest BCUT2D eigenvalue weighted by Crippen LogP contribution is 2.24. The maximum Gasteiger partial charge on any atom is 0.254 e. The number of rotatable bonds is 3. The Morgan fingerprint density at radius 2 is 1.88 bits per heavy atom. The maximum atomic E-state index is 13.4. The molecule has 7 heteroatoms. The summed E-state index contributed by atoms with van der Waals surface area (Å²) in [5.74, 6) is -1.94. The summed E-state index contributed by atoms with van der Waals surface area (Å²) in [6, 6.07) is 10.8. The number of amides is 1. The van der Waals surface area contributed by atoms with Crippen LogP contribution in [0.25, 0.3) is 0 Å². The monoisotopic (exact) mass is 368 g/mol. The highest BCUT2D eigenvalue weighted by molar-refractivity contribution is 5.94. The molecule has 2 aromatic rings. The van der Waals surface area contributed by atoms with Crippen LogP contribution in [0.5, 0.6) is 0 Å². The summed E-state index contributed by atoms with van der Waals surface area (Å²) >= 11 is 0. The zero-order valence-electron chi connectivity index (χ0n) is 13.5. The van der Waals surface area contributed by atoms with Gasteiger partial charge in [0.25, 0.3) is 5.91 Å². The number of halogens is 3. The number of hydrogen-bond donors (Lipinski definition) is 1. The Labute approximate surface area is 151 Å². The normalized spacial score (nSPS) is 17.1. The van der Waals surface area contributed by atoms with E-state index in [2.05, 4.69) is 0 Å². The largest absolute Gasteiger partial charge is 0.370 e. The van der Waals surface area contributed by atoms with Crippen LogP contribution in [-0.4, -0.2) is 30.5 Å². The Bertz CT molecular complexity index is 740. The van der Waals surface area contributed by atoms with Gasteiger partial charge in [-0.05, 0) is 35.4 Å². The lowest BCUT2D eigenvalue weighted by atomic mass is 10.1. The Hall–Kier alpha value is -2.02. The number of ether oxygens (including phenoxy) is 1. The van der Waals surface area contributed by atoms with Gasteiger partial charge in [0.1, 0.15) is 6.10 Å². The molecule has 1 aliphatic heterocycles. The van der Waals surface area contributed by atoms with Crippen LogP contribution < -0.4 is 5.73 Å². The van der Waals surface area contributed by atoms with Gasteiger partial charge in [0.05, 0.1) is 13.2 Å². The van der Waals surface area contributed by atoms with Crippen molar-refractivity contribution in [3.05, 3.63) is 70.8 Å². The first-order valence-electron chi connectivity index (χ1n) is 7.73. The minimum Gasteiger partial charge on any atom is -0.370 e. The van der Waals surface area contributed by atoms with Gasteiger partial charge in [0.15, 0.2) is 11.6 Å². The minimum absolute atomic E-state index is 0. The second kappa shape index (κ2) is 8.38. The lowest BCUT2D eigenvalue weighted by molar-refractivity contribution is -0.0229. The van der Waals surface area contributed by atoms with Crippen molar-refractivity contribution in [2.24, 2.45) is 5.73 Å². The van der Waals surface area contributed by atoms with E-state index in [-0.39, 0.29) is 18.3 Å². The van der Waals surface area contributed by atoms with Gasteiger partial charge >= 0.3 is 0 Å². The van der Waals surface area contributed by atoms with Crippen molar-refractivity contribution in [1.29, 1.82) is 0 Å². The van der Waals surface area contributed by atoms with Gasteiger partial charge in [-0.15, -0.1) is 12.4 Å². The number of morpholine rings is 1. The van der Waals surface area contributed by atoms with Crippen molar-refractivity contribution in [3.63, 3.8) is 0 Å². The van der Waals surface area contributed by atoms with Gasteiger partial charge in [0.2, 0.25) is 0 Å². The van der Waals surface area contributed by atoms with E-state index in [9.17, 15) is 13.6 Å². The number of nitrogens with zero attached hydrogens (tertiary/aromatic N) is 1. The Balaban J connectivity index is 0.00000225. The van der Waals surface area contributed by atoms with Gasteiger partial charge < -0.3 is 15.4 Å². The molecule has 25 heavy (non-hydrogen) atoms. The Kier molecular flexibility index (Phi) is 6.47. The summed E-state index contributed by atoms with van der Waals surface area (Å²) in [6.07, 6.45) is -0.471. The van der Waals surface area contributed by atoms with Crippen molar-refractivity contribution >= 4 is 18.3 Å². The topological polar surface area (TPSA) is 55.6 Å². The molecular weight excluding hydrogens is 350 g/mol. The van der Waals surface area contributed by atoms with E-state index in [1.165, 1.54) is 6.07 Å². The summed E-state index contributed by atoms with van der Waals surface area (Å²) < 4.78 is 32.1. The molecule has 134 valence electrons. The van der Waals surface area contributed by atoms with E-state index in [4.69, 9.17) is 10.5 Å². The van der Waals surface area contributed by atoms with Gasteiger partial charge in [-0.3, -0.25) is 4.79 Å². The minimum atomic E-state index is -0.920. The zero-order chi connectivity index (χ0) is 17.1. The van der Waals surface area contributed by atoms with Crippen LogP contribution in [0.3, 0.4) is 0 Å². The first kappa shape index (κ1) is 19.3. The van der Waals surface area contributed by atoms with Crippen LogP contribution in [0.4, 0.5) is 8.78 Å². The van der Waals surface area contributed by atoms with Crippen molar-refractivity contribution in [2.75, 3.05) is 19.7 Å². The molecule has 1 fully saturated rings. The van der Waals surface area contributed by atoms with E-state index in [1.54, 1.807) is 17.0 Å². The molecule has 2 N–H and O–H groups in total. The van der Waals surface area contributed by atoms with Crippen LogP contribution >= 0.6 is 12.4 Å². The van der Waals surface area contributed by atoms with Crippen LogP contribution in [0, 0.1) is 11.6 Å². The first-order valence-corrected chi connectivity index (χ1v) is 7.73. The summed E-state index contributed by atoms with van der Waals surface area (Å²) in [4.78, 5) is 14.3. The third kappa shape index (κ3) is 4.34. The van der Waals surface area contributed by atoms with Crippen LogP contribution in [0.2, 0.25) is 0 Å². The fraction of sp³-hybridized carbons (Fsp3) is 0.278. The molecule has 2 aromatic carbocycles. The van der Waals surface area contributed by atoms with Crippen LogP contribution in [0.1, 0.15) is 27.6 Å². The Morgan fingerprint density at radius 1 is 1.16 bits per heavy atom. The molecule has 0 spiro atoms. The number of carbonyl (C=O) groups excluding carboxylic acids is 1. The number of hydrogen-bond acceptors (Lipinski definition) is 3. The molecule has 1 atom stereocenters. The number of carbonyl (C=O) groups is 1. The van der Waals surface area contributed by atoms with E-state index < -0.39 is 17.7 Å². The van der Waals surface area contributed by atoms with E-state index >= 15 is 0 Å². The molecule has 4 nitrogen and oxygen atoms in total. The lowest BCUT2D eigenvalue weighted by Gasteiger charge is -2.33. The molecule has 3 rings (SSSR count). The van der Waals surface area contributed by atoms with Crippen LogP contribution in [0.15, 0.2) is 42.5 Å². The second-order valence-corrected chi connectivity index (χ2v) is 5.69. The molecule has 1 amide bonds. The average molecular weight is 369 g/mol. The Morgan fingerprint density at radius 3 is 2.52 bits per heavy atom. The molecule has 0 radical (unpaired) electrons. The van der Waals surface area contributed by atoms with Crippen molar-refractivity contribution < 1.29 is 18.3 Å². The van der Waals surface area contributed by atoms with Crippen molar-refractivity contribution in [3.8, 4) is 0 Å². The van der Waals surface area contributed by atoms with E-state index in [0.29, 0.717) is 37.4 Å². The standard InChI is InChI=1S/C18H18F2N2O2.ClH/c19-15-6-5-14(9-16(15)20)17-11-22(7-8-24-17)18(23)13-3-1-12(10-21)2-4-13;/h1-6,9,17H,7-8,10-11,21H2;1H. The molecule has 1 heterocycles. The molecule has 0 aromatic heterocycles.